The molecule has 0 bridgehead atoms. The highest BCUT2D eigenvalue weighted by molar-refractivity contribution is 5.92. The van der Waals surface area contributed by atoms with Crippen LogP contribution in [0.1, 0.15) is 75.2 Å². The molecule has 0 spiro atoms. The maximum Gasteiger partial charge on any atom is 0.348 e. The van der Waals surface area contributed by atoms with Gasteiger partial charge in [-0.05, 0) is 31.8 Å². The third-order valence-electron chi connectivity index (χ3n) is 10.6. The molecule has 1 saturated heterocycles. The highest BCUT2D eigenvalue weighted by atomic mass is 16.6. The van der Waals surface area contributed by atoms with Crippen LogP contribution in [0.5, 0.6) is 0 Å². The lowest BCUT2D eigenvalue weighted by molar-refractivity contribution is -0.289. The van der Waals surface area contributed by atoms with Crippen LogP contribution in [-0.2, 0) is 62.0 Å². The van der Waals surface area contributed by atoms with E-state index >= 15 is 0 Å². The van der Waals surface area contributed by atoms with Crippen LogP contribution in [0.15, 0.2) is 11.6 Å². The Hall–Kier alpha value is -3.77. The molecular formula is C33H44O13. The number of fused-ring (bicyclic) bond motifs is 2. The lowest BCUT2D eigenvalue weighted by Gasteiger charge is -2.68. The van der Waals surface area contributed by atoms with E-state index in [1.54, 1.807) is 40.7 Å². The van der Waals surface area contributed by atoms with E-state index in [0.717, 1.165) is 6.92 Å². The quantitative estimate of drug-likeness (QED) is 0.214. The molecule has 2 saturated carbocycles. The zero-order chi connectivity index (χ0) is 34.5. The first-order chi connectivity index (χ1) is 21.4. The SMILES string of the molecule is CCC(C)C(=O)O[C@H]1C(=O)O[C@@H]2C[C@H]3C(C)=C[C@H](OC(C)=O)[C@@H](OC(C)=O)[C@]3(C)[C@H]3C(=O)[C@H](OC(C)=O)[C@H](C)[C@H]1[C@@]32COC(C)=O. The van der Waals surface area contributed by atoms with E-state index in [9.17, 15) is 33.6 Å². The van der Waals surface area contributed by atoms with Gasteiger partial charge in [-0.2, -0.15) is 0 Å². The first-order valence-electron chi connectivity index (χ1n) is 15.7. The van der Waals surface area contributed by atoms with Gasteiger partial charge < -0.3 is 28.4 Å². The Labute approximate surface area is 268 Å². The molecule has 4 rings (SSSR count). The predicted molar refractivity (Wildman–Crippen MR) is 156 cm³/mol. The zero-order valence-corrected chi connectivity index (χ0v) is 27.8. The molecular weight excluding hydrogens is 604 g/mol. The fourth-order valence-corrected chi connectivity index (χ4v) is 8.69. The van der Waals surface area contributed by atoms with E-state index in [2.05, 4.69) is 0 Å². The van der Waals surface area contributed by atoms with E-state index in [-0.39, 0.29) is 6.42 Å². The number of carbonyl (C=O) groups is 7. The fourth-order valence-electron chi connectivity index (χ4n) is 8.69. The van der Waals surface area contributed by atoms with Crippen molar-refractivity contribution in [3.8, 4) is 0 Å². The molecule has 1 unspecified atom stereocenters. The minimum absolute atomic E-state index is 0.119. The fraction of sp³-hybridized carbons (Fsp3) is 0.727. The second-order valence-electron chi connectivity index (χ2n) is 13.4. The number of carbonyl (C=O) groups excluding carboxylic acids is 7. The molecule has 0 radical (unpaired) electrons. The van der Waals surface area contributed by atoms with Gasteiger partial charge in [-0.25, -0.2) is 4.79 Å². The summed E-state index contributed by atoms with van der Waals surface area (Å²) in [7, 11) is 0. The van der Waals surface area contributed by atoms with Crippen molar-refractivity contribution in [3.05, 3.63) is 11.6 Å². The lowest BCUT2D eigenvalue weighted by Crippen LogP contribution is -2.78. The summed E-state index contributed by atoms with van der Waals surface area (Å²) in [4.78, 5) is 91.6. The average molecular weight is 649 g/mol. The molecule has 4 aliphatic rings. The minimum Gasteiger partial charge on any atom is -0.465 e. The number of ether oxygens (including phenoxy) is 6. The van der Waals surface area contributed by atoms with Gasteiger partial charge in [-0.1, -0.05) is 33.3 Å². The van der Waals surface area contributed by atoms with Gasteiger partial charge in [0, 0.05) is 50.9 Å². The molecule has 46 heavy (non-hydrogen) atoms. The number of allylic oxidation sites excluding steroid dienone is 1. The van der Waals surface area contributed by atoms with Crippen LogP contribution in [0.25, 0.3) is 0 Å². The van der Waals surface area contributed by atoms with Gasteiger partial charge >= 0.3 is 35.8 Å². The van der Waals surface area contributed by atoms with Crippen LogP contribution in [0.4, 0.5) is 0 Å². The van der Waals surface area contributed by atoms with E-state index < -0.39 is 119 Å². The molecule has 0 aromatic heterocycles. The van der Waals surface area contributed by atoms with Gasteiger partial charge in [0.1, 0.15) is 18.8 Å². The minimum atomic E-state index is -1.55. The van der Waals surface area contributed by atoms with E-state index in [1.807, 2.05) is 0 Å². The van der Waals surface area contributed by atoms with Gasteiger partial charge in [0.25, 0.3) is 0 Å². The third kappa shape index (κ3) is 5.70. The molecule has 0 aromatic carbocycles. The molecule has 13 heteroatoms. The second-order valence-corrected chi connectivity index (χ2v) is 13.4. The topological polar surface area (TPSA) is 175 Å². The molecule has 12 atom stereocenters. The van der Waals surface area contributed by atoms with Crippen molar-refractivity contribution in [2.24, 2.45) is 40.4 Å². The number of hydrogen-bond donors (Lipinski definition) is 0. The van der Waals surface area contributed by atoms with E-state index in [0.29, 0.717) is 12.0 Å². The van der Waals surface area contributed by atoms with Crippen molar-refractivity contribution in [2.45, 2.75) is 106 Å². The maximum absolute atomic E-state index is 14.9. The monoisotopic (exact) mass is 648 g/mol. The van der Waals surface area contributed by atoms with Crippen molar-refractivity contribution in [2.75, 3.05) is 6.61 Å². The lowest BCUT2D eigenvalue weighted by atomic mass is 9.37. The second kappa shape index (κ2) is 12.8. The Morgan fingerprint density at radius 2 is 1.54 bits per heavy atom. The summed E-state index contributed by atoms with van der Waals surface area (Å²) < 4.78 is 34.8. The summed E-state index contributed by atoms with van der Waals surface area (Å²) in [6.07, 6.45) is -4.12. The number of rotatable bonds is 8. The van der Waals surface area contributed by atoms with Gasteiger partial charge in [-0.3, -0.25) is 28.8 Å². The van der Waals surface area contributed by atoms with Crippen LogP contribution in [0.2, 0.25) is 0 Å². The summed E-state index contributed by atoms with van der Waals surface area (Å²) >= 11 is 0. The Bertz CT molecular complexity index is 1350. The smallest absolute Gasteiger partial charge is 0.348 e. The van der Waals surface area contributed by atoms with Crippen LogP contribution in [0, 0.1) is 40.4 Å². The summed E-state index contributed by atoms with van der Waals surface area (Å²) in [5, 5.41) is 0. The summed E-state index contributed by atoms with van der Waals surface area (Å²) in [5.41, 5.74) is -2.23. The van der Waals surface area contributed by atoms with Crippen LogP contribution >= 0.6 is 0 Å². The standard InChI is InChI=1S/C33H44O13/c1-10-14(2)30(39)46-27-24-16(4)26(43-19(7)36)25(38)28-32(9)21(12-23(45-31(27)40)33(24,28)13-41-17(5)34)15(3)11-22(42-18(6)35)29(32)44-20(8)37/h11,14,16,21-24,26-29H,10,12-13H2,1-9H3/t14?,16-,21+,22+,23-,24-,26-,27-,28-,29-,32+,33+/m1/s1. The molecule has 0 amide bonds. The van der Waals surface area contributed by atoms with Crippen molar-refractivity contribution in [1.29, 1.82) is 0 Å². The molecule has 3 fully saturated rings. The molecule has 13 nitrogen and oxygen atoms in total. The first-order valence-corrected chi connectivity index (χ1v) is 15.7. The number of hydrogen-bond acceptors (Lipinski definition) is 13. The molecule has 1 aliphatic heterocycles. The highest BCUT2D eigenvalue weighted by Gasteiger charge is 2.78. The molecule has 254 valence electrons. The number of esters is 6. The third-order valence-corrected chi connectivity index (χ3v) is 10.6. The highest BCUT2D eigenvalue weighted by Crippen LogP contribution is 2.69. The maximum atomic E-state index is 14.9. The Morgan fingerprint density at radius 3 is 2.09 bits per heavy atom. The molecule has 1 heterocycles. The van der Waals surface area contributed by atoms with Crippen LogP contribution < -0.4 is 0 Å². The van der Waals surface area contributed by atoms with Gasteiger partial charge in [0.05, 0.1) is 11.3 Å². The van der Waals surface area contributed by atoms with Crippen molar-refractivity contribution >= 4 is 41.6 Å². The summed E-state index contributed by atoms with van der Waals surface area (Å²) in [5.74, 6) is -9.25. The van der Waals surface area contributed by atoms with E-state index in [1.165, 1.54) is 20.8 Å². The van der Waals surface area contributed by atoms with Gasteiger partial charge in [0.2, 0.25) is 6.10 Å². The van der Waals surface area contributed by atoms with Gasteiger partial charge in [-0.15, -0.1) is 0 Å². The van der Waals surface area contributed by atoms with Crippen molar-refractivity contribution in [1.82, 2.24) is 0 Å². The number of ketones is 1. The summed E-state index contributed by atoms with van der Waals surface area (Å²) in [6.45, 7) is 12.9. The largest absolute Gasteiger partial charge is 0.465 e. The van der Waals surface area contributed by atoms with Crippen molar-refractivity contribution in [3.63, 3.8) is 0 Å². The molecule has 0 aromatic rings. The van der Waals surface area contributed by atoms with Gasteiger partial charge in [0.15, 0.2) is 18.0 Å². The Balaban J connectivity index is 2.06. The Morgan fingerprint density at radius 1 is 0.935 bits per heavy atom. The zero-order valence-electron chi connectivity index (χ0n) is 27.8. The number of Topliss-reactive ketones (excluding diaryl/α,β-unsaturated/α-hetero) is 1. The van der Waals surface area contributed by atoms with Crippen LogP contribution in [0.3, 0.4) is 0 Å². The molecule has 3 aliphatic carbocycles. The Kier molecular flexibility index (Phi) is 9.76. The molecule has 0 N–H and O–H groups in total. The van der Waals surface area contributed by atoms with Crippen molar-refractivity contribution < 1.29 is 62.0 Å². The first kappa shape index (κ1) is 35.1. The predicted octanol–water partition coefficient (Wildman–Crippen LogP) is 2.65. The van der Waals surface area contributed by atoms with E-state index in [4.69, 9.17) is 28.4 Å². The summed E-state index contributed by atoms with van der Waals surface area (Å²) in [6, 6.07) is 0. The average Bonchev–Trinajstić information content (AvgIpc) is 2.95. The normalized spacial score (nSPS) is 38.5. The van der Waals surface area contributed by atoms with Crippen LogP contribution in [-0.4, -0.2) is 78.7 Å².